The van der Waals surface area contributed by atoms with Gasteiger partial charge in [-0.05, 0) is 65.1 Å². The highest BCUT2D eigenvalue weighted by Gasteiger charge is 2.40. The van der Waals surface area contributed by atoms with Crippen molar-refractivity contribution in [3.05, 3.63) is 113 Å². The minimum Gasteiger partial charge on any atom is -0.504 e. The van der Waals surface area contributed by atoms with Crippen LogP contribution in [0, 0.1) is 0 Å². The fourth-order valence-electron chi connectivity index (χ4n) is 5.73. The first-order valence-corrected chi connectivity index (χ1v) is 15.4. The number of phenols is 2. The van der Waals surface area contributed by atoms with Crippen LogP contribution in [0.1, 0.15) is 22.3 Å². The van der Waals surface area contributed by atoms with Crippen LogP contribution in [0.3, 0.4) is 0 Å². The van der Waals surface area contributed by atoms with Gasteiger partial charge in [-0.3, -0.25) is 5.01 Å². The van der Waals surface area contributed by atoms with E-state index >= 15 is 0 Å². The van der Waals surface area contributed by atoms with Crippen LogP contribution < -0.4 is 14.2 Å². The zero-order valence-electron chi connectivity index (χ0n) is 26.5. The van der Waals surface area contributed by atoms with Gasteiger partial charge in [0.05, 0.1) is 39.5 Å². The molecule has 4 aromatic carbocycles. The number of aliphatic hydroxyl groups excluding tert-OH is 2. The van der Waals surface area contributed by atoms with Crippen LogP contribution in [-0.4, -0.2) is 87.5 Å². The molecule has 47 heavy (non-hydrogen) atoms. The minimum absolute atomic E-state index is 0.0128. The molecule has 0 aromatic heterocycles. The minimum atomic E-state index is -0.940. The van der Waals surface area contributed by atoms with Crippen LogP contribution in [0.25, 0.3) is 0 Å². The number of carbonyl (C=O) groups is 1. The zero-order valence-corrected chi connectivity index (χ0v) is 26.5. The third-order valence-electron chi connectivity index (χ3n) is 8.16. The summed E-state index contributed by atoms with van der Waals surface area (Å²) < 4.78 is 16.2. The van der Waals surface area contributed by atoms with Crippen molar-refractivity contribution in [1.82, 2.24) is 14.9 Å². The van der Waals surface area contributed by atoms with E-state index in [1.54, 1.807) is 46.3 Å². The van der Waals surface area contributed by atoms with Crippen LogP contribution in [0.5, 0.6) is 28.7 Å². The topological polar surface area (TPSA) is 135 Å². The van der Waals surface area contributed by atoms with Crippen LogP contribution in [0.2, 0.25) is 0 Å². The number of carbonyl (C=O) groups excluding carboxylic acids is 1. The number of amides is 2. The number of hydrazine groups is 1. The maximum atomic E-state index is 14.8. The average molecular weight is 644 g/mol. The van der Waals surface area contributed by atoms with Gasteiger partial charge in [-0.25, -0.2) is 9.80 Å². The summed E-state index contributed by atoms with van der Waals surface area (Å²) in [5.74, 6) is 1.15. The first kappa shape index (κ1) is 33.4. The quantitative estimate of drug-likeness (QED) is 0.168. The first-order chi connectivity index (χ1) is 22.8. The van der Waals surface area contributed by atoms with E-state index in [4.69, 9.17) is 19.3 Å². The summed E-state index contributed by atoms with van der Waals surface area (Å²) in [7, 11) is 2.93. The molecule has 4 N–H and O–H groups in total. The van der Waals surface area contributed by atoms with Gasteiger partial charge in [0.2, 0.25) is 0 Å². The van der Waals surface area contributed by atoms with Gasteiger partial charge >= 0.3 is 6.03 Å². The summed E-state index contributed by atoms with van der Waals surface area (Å²) in [6.07, 6.45) is -0.529. The van der Waals surface area contributed by atoms with Crippen molar-refractivity contribution in [2.75, 3.05) is 34.0 Å². The Morgan fingerprint density at radius 3 is 1.94 bits per heavy atom. The number of methoxy groups -OCH3 is 2. The number of rotatable bonds is 13. The monoisotopic (exact) mass is 643 g/mol. The predicted octanol–water partition coefficient (Wildman–Crippen LogP) is 4.31. The van der Waals surface area contributed by atoms with Gasteiger partial charge in [-0.2, -0.15) is 0 Å². The van der Waals surface area contributed by atoms with E-state index in [1.807, 2.05) is 47.5 Å². The van der Waals surface area contributed by atoms with E-state index in [0.717, 1.165) is 16.7 Å². The molecule has 0 unspecified atom stereocenters. The van der Waals surface area contributed by atoms with Gasteiger partial charge in [0.25, 0.3) is 0 Å². The zero-order chi connectivity index (χ0) is 33.3. The fraction of sp³-hybridized carbons (Fsp3) is 0.306. The Hall–Kier alpha value is -4.97. The van der Waals surface area contributed by atoms with E-state index in [2.05, 4.69) is 0 Å². The highest BCUT2D eigenvalue weighted by atomic mass is 16.5. The highest BCUT2D eigenvalue weighted by molar-refractivity contribution is 5.75. The second-order valence-corrected chi connectivity index (χ2v) is 11.4. The number of aromatic hydroxyl groups is 2. The summed E-state index contributed by atoms with van der Waals surface area (Å²) in [5, 5.41) is 44.9. The highest BCUT2D eigenvalue weighted by Crippen LogP contribution is 2.32. The lowest BCUT2D eigenvalue weighted by Gasteiger charge is -2.36. The molecule has 1 heterocycles. The van der Waals surface area contributed by atoms with Crippen LogP contribution in [0.4, 0.5) is 4.79 Å². The standard InChI is InChI=1S/C36H41N3O8/c1-45-34-19-27(10-14-31(34)41)22-38-30(18-25-6-4-3-5-7-25)33(43)24-37(21-26-8-12-29(13-9-26)47-17-16-40)39(36(38)44)23-28-11-15-32(42)35(20-28)46-2/h3-15,19-20,30,33,40-43H,16-18,21-24H2,1-2H3/t30-,33-/m1/s1. The molecule has 11 nitrogen and oxygen atoms in total. The molecular formula is C36H41N3O8. The summed E-state index contributed by atoms with van der Waals surface area (Å²) in [6.45, 7) is 0.817. The first-order valence-electron chi connectivity index (χ1n) is 15.4. The Labute approximate surface area is 274 Å². The van der Waals surface area contributed by atoms with Crippen LogP contribution in [-0.2, 0) is 26.1 Å². The number of ether oxygens (including phenoxy) is 3. The second kappa shape index (κ2) is 15.5. The third kappa shape index (κ3) is 8.25. The van der Waals surface area contributed by atoms with Crippen LogP contribution in [0.15, 0.2) is 91.0 Å². The van der Waals surface area contributed by atoms with Crippen molar-refractivity contribution in [3.63, 3.8) is 0 Å². The second-order valence-electron chi connectivity index (χ2n) is 11.4. The van der Waals surface area contributed by atoms with Gasteiger partial charge in [0.15, 0.2) is 23.0 Å². The molecule has 0 radical (unpaired) electrons. The Morgan fingerprint density at radius 1 is 0.745 bits per heavy atom. The maximum absolute atomic E-state index is 14.8. The Kier molecular flexibility index (Phi) is 11.0. The molecule has 248 valence electrons. The molecule has 0 spiro atoms. The van der Waals surface area contributed by atoms with Gasteiger partial charge in [-0.15, -0.1) is 0 Å². The van der Waals surface area contributed by atoms with Crippen molar-refractivity contribution in [2.24, 2.45) is 0 Å². The third-order valence-corrected chi connectivity index (χ3v) is 8.16. The number of hydrogen-bond acceptors (Lipinski definition) is 9. The van der Waals surface area contributed by atoms with Crippen molar-refractivity contribution >= 4 is 6.03 Å². The molecular weight excluding hydrogens is 602 g/mol. The molecule has 4 aromatic rings. The van der Waals surface area contributed by atoms with Crippen molar-refractivity contribution in [3.8, 4) is 28.7 Å². The van der Waals surface area contributed by atoms with Crippen molar-refractivity contribution in [2.45, 2.75) is 38.2 Å². The lowest BCUT2D eigenvalue weighted by atomic mass is 9.99. The van der Waals surface area contributed by atoms with E-state index in [9.17, 15) is 20.1 Å². The van der Waals surface area contributed by atoms with Crippen molar-refractivity contribution in [1.29, 1.82) is 0 Å². The van der Waals surface area contributed by atoms with E-state index in [-0.39, 0.29) is 61.9 Å². The average Bonchev–Trinajstić information content (AvgIpc) is 3.17. The Balaban J connectivity index is 1.55. The Bertz CT molecular complexity index is 1620. The number of hydrogen-bond donors (Lipinski definition) is 4. The normalized spacial score (nSPS) is 17.0. The lowest BCUT2D eigenvalue weighted by Crippen LogP contribution is -2.51. The Morgan fingerprint density at radius 2 is 1.34 bits per heavy atom. The number of benzene rings is 4. The number of β-amino-alcohol motifs (C(OH)–C–C–N with tert-alkyl or cyclic N) is 1. The van der Waals surface area contributed by atoms with Gasteiger partial charge < -0.3 is 39.5 Å². The summed E-state index contributed by atoms with van der Waals surface area (Å²) in [5.41, 5.74) is 3.29. The van der Waals surface area contributed by atoms with Crippen molar-refractivity contribution < 1.29 is 39.4 Å². The fourth-order valence-corrected chi connectivity index (χ4v) is 5.73. The van der Waals surface area contributed by atoms with Crippen LogP contribution >= 0.6 is 0 Å². The number of urea groups is 1. The summed E-state index contributed by atoms with van der Waals surface area (Å²) in [6, 6.07) is 26.1. The maximum Gasteiger partial charge on any atom is 0.335 e. The molecule has 0 bridgehead atoms. The van der Waals surface area contributed by atoms with Gasteiger partial charge in [0.1, 0.15) is 12.4 Å². The molecule has 5 rings (SSSR count). The SMILES string of the molecule is COc1cc(CN2C(=O)N(Cc3ccc(O)c(OC)c3)N(Cc3ccc(OCCO)cc3)C[C@@H](O)[C@H]2Cc2ccccc2)ccc1O. The number of nitrogens with zero attached hydrogens (tertiary/aromatic N) is 3. The number of phenolic OH excluding ortho intramolecular Hbond substituents is 2. The predicted molar refractivity (Wildman–Crippen MR) is 175 cm³/mol. The molecule has 1 fully saturated rings. The lowest BCUT2D eigenvalue weighted by molar-refractivity contribution is -0.0213. The summed E-state index contributed by atoms with van der Waals surface area (Å²) >= 11 is 0. The van der Waals surface area contributed by atoms with E-state index in [0.29, 0.717) is 24.3 Å². The molecule has 0 saturated carbocycles. The largest absolute Gasteiger partial charge is 0.504 e. The number of aliphatic hydroxyl groups is 2. The van der Waals surface area contributed by atoms with Gasteiger partial charge in [-0.1, -0.05) is 54.6 Å². The van der Waals surface area contributed by atoms with E-state index < -0.39 is 12.1 Å². The molecule has 0 aliphatic carbocycles. The van der Waals surface area contributed by atoms with E-state index in [1.165, 1.54) is 26.4 Å². The molecule has 1 saturated heterocycles. The molecule has 2 atom stereocenters. The summed E-state index contributed by atoms with van der Waals surface area (Å²) in [4.78, 5) is 16.5. The molecule has 1 aliphatic heterocycles. The molecule has 11 heteroatoms. The van der Waals surface area contributed by atoms with Gasteiger partial charge in [0, 0.05) is 19.6 Å². The molecule has 2 amide bonds. The smallest absolute Gasteiger partial charge is 0.335 e. The molecule has 1 aliphatic rings.